The third kappa shape index (κ3) is 5.87. The summed E-state index contributed by atoms with van der Waals surface area (Å²) in [5.41, 5.74) is 0.857. The normalized spacial score (nSPS) is 11.5. The molecule has 164 valence electrons. The number of anilines is 2. The van der Waals surface area contributed by atoms with Gasteiger partial charge in [-0.15, -0.1) is 11.8 Å². The van der Waals surface area contributed by atoms with E-state index in [0.717, 1.165) is 4.90 Å². The second-order valence-electron chi connectivity index (χ2n) is 6.71. The van der Waals surface area contributed by atoms with E-state index < -0.39 is 22.9 Å². The molecular formula is C23H18ClFN2O4S. The van der Waals surface area contributed by atoms with Gasteiger partial charge in [-0.2, -0.15) is 0 Å². The number of carboxylic acid groups (broad SMARTS) is 1. The Labute approximate surface area is 192 Å². The lowest BCUT2D eigenvalue weighted by Crippen LogP contribution is -2.22. The molecule has 0 aliphatic carbocycles. The zero-order chi connectivity index (χ0) is 23.3. The Balaban J connectivity index is 1.60. The number of thioether (sulfide) groups is 1. The third-order valence-corrected chi connectivity index (χ3v) is 5.79. The Morgan fingerprint density at radius 2 is 1.56 bits per heavy atom. The molecular weight excluding hydrogens is 455 g/mol. The van der Waals surface area contributed by atoms with Crippen molar-refractivity contribution in [2.24, 2.45) is 0 Å². The number of nitrogens with one attached hydrogen (secondary N) is 2. The quantitative estimate of drug-likeness (QED) is 0.392. The molecule has 2 amide bonds. The molecule has 6 nitrogen and oxygen atoms in total. The summed E-state index contributed by atoms with van der Waals surface area (Å²) in [5.74, 6) is -2.56. The summed E-state index contributed by atoms with van der Waals surface area (Å²) < 4.78 is 13.2. The van der Waals surface area contributed by atoms with Gasteiger partial charge >= 0.3 is 5.97 Å². The van der Waals surface area contributed by atoms with Crippen molar-refractivity contribution in [2.45, 2.75) is 17.1 Å². The fourth-order valence-corrected chi connectivity index (χ4v) is 3.81. The van der Waals surface area contributed by atoms with E-state index >= 15 is 0 Å². The minimum Gasteiger partial charge on any atom is -0.478 e. The van der Waals surface area contributed by atoms with E-state index in [0.29, 0.717) is 11.4 Å². The van der Waals surface area contributed by atoms with Gasteiger partial charge in [0.15, 0.2) is 0 Å². The van der Waals surface area contributed by atoms with Gasteiger partial charge in [0.25, 0.3) is 5.91 Å². The van der Waals surface area contributed by atoms with Crippen LogP contribution in [-0.2, 0) is 4.79 Å². The van der Waals surface area contributed by atoms with Gasteiger partial charge in [-0.05, 0) is 61.5 Å². The predicted molar refractivity (Wildman–Crippen MR) is 123 cm³/mol. The van der Waals surface area contributed by atoms with Gasteiger partial charge in [0.1, 0.15) is 5.82 Å². The molecule has 0 saturated heterocycles. The first-order valence-electron chi connectivity index (χ1n) is 9.41. The van der Waals surface area contributed by atoms with E-state index in [9.17, 15) is 23.9 Å². The van der Waals surface area contributed by atoms with Crippen molar-refractivity contribution in [1.29, 1.82) is 0 Å². The number of carbonyl (C=O) groups excluding carboxylic acids is 2. The molecule has 0 aliphatic rings. The fourth-order valence-electron chi connectivity index (χ4n) is 2.76. The van der Waals surface area contributed by atoms with Gasteiger partial charge < -0.3 is 15.7 Å². The van der Waals surface area contributed by atoms with Crippen LogP contribution in [0, 0.1) is 5.82 Å². The molecule has 3 aromatic rings. The van der Waals surface area contributed by atoms with Gasteiger partial charge in [-0.25, -0.2) is 9.18 Å². The zero-order valence-corrected chi connectivity index (χ0v) is 18.3. The molecule has 1 atom stereocenters. The molecule has 0 aliphatic heterocycles. The minimum atomic E-state index is -1.18. The third-order valence-electron chi connectivity index (χ3n) is 4.38. The van der Waals surface area contributed by atoms with Crippen molar-refractivity contribution in [2.75, 3.05) is 10.6 Å². The van der Waals surface area contributed by atoms with Crippen LogP contribution in [0.4, 0.5) is 15.8 Å². The van der Waals surface area contributed by atoms with E-state index in [1.807, 2.05) is 0 Å². The molecule has 3 rings (SSSR count). The smallest absolute Gasteiger partial charge is 0.336 e. The van der Waals surface area contributed by atoms with E-state index in [1.165, 1.54) is 42.1 Å². The van der Waals surface area contributed by atoms with Crippen LogP contribution < -0.4 is 10.6 Å². The molecule has 9 heteroatoms. The van der Waals surface area contributed by atoms with Crippen LogP contribution in [0.25, 0.3) is 0 Å². The summed E-state index contributed by atoms with van der Waals surface area (Å²) in [5, 5.41) is 14.0. The van der Waals surface area contributed by atoms with E-state index in [-0.39, 0.29) is 22.1 Å². The monoisotopic (exact) mass is 472 g/mol. The average Bonchev–Trinajstić information content (AvgIpc) is 2.77. The second kappa shape index (κ2) is 10.3. The average molecular weight is 473 g/mol. The molecule has 0 aromatic heterocycles. The van der Waals surface area contributed by atoms with Crippen molar-refractivity contribution in [3.05, 3.63) is 88.7 Å². The highest BCUT2D eigenvalue weighted by atomic mass is 35.5. The maximum Gasteiger partial charge on any atom is 0.336 e. The summed E-state index contributed by atoms with van der Waals surface area (Å²) in [4.78, 5) is 36.9. The van der Waals surface area contributed by atoms with Crippen molar-refractivity contribution < 1.29 is 23.9 Å². The number of carbonyl (C=O) groups is 3. The lowest BCUT2D eigenvalue weighted by Gasteiger charge is -2.13. The van der Waals surface area contributed by atoms with Crippen LogP contribution in [0.5, 0.6) is 0 Å². The summed E-state index contributed by atoms with van der Waals surface area (Å²) in [6.45, 7) is 1.73. The van der Waals surface area contributed by atoms with Gasteiger partial charge in [-0.3, -0.25) is 9.59 Å². The summed E-state index contributed by atoms with van der Waals surface area (Å²) in [7, 11) is 0. The molecule has 0 bridgehead atoms. The number of benzene rings is 3. The minimum absolute atomic E-state index is 0.0599. The van der Waals surface area contributed by atoms with Crippen molar-refractivity contribution >= 4 is 52.5 Å². The Hall–Kier alpha value is -3.36. The lowest BCUT2D eigenvalue weighted by molar-refractivity contribution is -0.115. The van der Waals surface area contributed by atoms with Crippen LogP contribution in [0.2, 0.25) is 5.02 Å². The van der Waals surface area contributed by atoms with E-state index in [2.05, 4.69) is 10.6 Å². The number of carboxylic acids is 1. The van der Waals surface area contributed by atoms with E-state index in [4.69, 9.17) is 11.6 Å². The highest BCUT2D eigenvalue weighted by Crippen LogP contribution is 2.27. The topological polar surface area (TPSA) is 95.5 Å². The fraction of sp³-hybridized carbons (Fsp3) is 0.0870. The lowest BCUT2D eigenvalue weighted by atomic mass is 10.1. The first kappa shape index (κ1) is 23.3. The van der Waals surface area contributed by atoms with Gasteiger partial charge in [0.2, 0.25) is 5.91 Å². The van der Waals surface area contributed by atoms with Crippen molar-refractivity contribution in [1.82, 2.24) is 0 Å². The van der Waals surface area contributed by atoms with Crippen molar-refractivity contribution in [3.8, 4) is 0 Å². The highest BCUT2D eigenvalue weighted by molar-refractivity contribution is 8.00. The molecule has 3 aromatic carbocycles. The summed E-state index contributed by atoms with van der Waals surface area (Å²) >= 11 is 7.03. The SMILES string of the molecule is CC(Sc1ccc(NC(=O)c2ccccc2C(=O)O)cc1)C(=O)Nc1ccc(F)c(Cl)c1. The van der Waals surface area contributed by atoms with E-state index in [1.54, 1.807) is 43.3 Å². The highest BCUT2D eigenvalue weighted by Gasteiger charge is 2.17. The largest absolute Gasteiger partial charge is 0.478 e. The number of halogens is 2. The Bertz CT molecular complexity index is 1170. The first-order valence-corrected chi connectivity index (χ1v) is 10.7. The first-order chi connectivity index (χ1) is 15.2. The number of aromatic carboxylic acids is 1. The molecule has 0 radical (unpaired) electrons. The Morgan fingerprint density at radius 1 is 0.938 bits per heavy atom. The predicted octanol–water partition coefficient (Wildman–Crippen LogP) is 5.55. The summed E-state index contributed by atoms with van der Waals surface area (Å²) in [6.07, 6.45) is 0. The standard InChI is InChI=1S/C23H18ClFN2O4S/c1-13(21(28)27-15-8-11-20(25)19(24)12-15)32-16-9-6-14(7-10-16)26-22(29)17-4-2-3-5-18(17)23(30)31/h2-13H,1H3,(H,26,29)(H,27,28)(H,30,31). The zero-order valence-electron chi connectivity index (χ0n) is 16.8. The molecule has 3 N–H and O–H groups in total. The molecule has 0 saturated carbocycles. The van der Waals surface area contributed by atoms with Gasteiger partial charge in [0.05, 0.1) is 21.4 Å². The van der Waals surface area contributed by atoms with Crippen LogP contribution in [0.15, 0.2) is 71.6 Å². The van der Waals surface area contributed by atoms with Crippen LogP contribution >= 0.6 is 23.4 Å². The maximum atomic E-state index is 13.2. The van der Waals surface area contributed by atoms with Gasteiger partial charge in [-0.1, -0.05) is 23.7 Å². The van der Waals surface area contributed by atoms with Crippen LogP contribution in [-0.4, -0.2) is 28.1 Å². The van der Waals surface area contributed by atoms with Crippen LogP contribution in [0.3, 0.4) is 0 Å². The molecule has 0 heterocycles. The number of hydrogen-bond donors (Lipinski definition) is 3. The second-order valence-corrected chi connectivity index (χ2v) is 8.53. The number of hydrogen-bond acceptors (Lipinski definition) is 4. The Morgan fingerprint density at radius 3 is 2.19 bits per heavy atom. The molecule has 0 spiro atoms. The van der Waals surface area contributed by atoms with Crippen LogP contribution in [0.1, 0.15) is 27.6 Å². The molecule has 32 heavy (non-hydrogen) atoms. The Kier molecular flexibility index (Phi) is 7.50. The number of amides is 2. The molecule has 0 fully saturated rings. The summed E-state index contributed by atoms with van der Waals surface area (Å²) in [6, 6.07) is 16.7. The van der Waals surface area contributed by atoms with Gasteiger partial charge in [0, 0.05) is 16.3 Å². The van der Waals surface area contributed by atoms with Crippen molar-refractivity contribution in [3.63, 3.8) is 0 Å². The number of rotatable bonds is 7. The molecule has 1 unspecified atom stereocenters. The maximum absolute atomic E-state index is 13.2.